The molecule has 0 fully saturated rings. The molecule has 2 aromatic heterocycles. The van der Waals surface area contributed by atoms with E-state index in [1.807, 2.05) is 24.3 Å². The van der Waals surface area contributed by atoms with Gasteiger partial charge in [-0.15, -0.1) is 0 Å². The molecule has 0 spiro atoms. The molecule has 0 unspecified atom stereocenters. The molecule has 0 saturated carbocycles. The first-order valence-electron chi connectivity index (χ1n) is 13.4. The van der Waals surface area contributed by atoms with E-state index >= 15 is 0 Å². The van der Waals surface area contributed by atoms with E-state index in [1.165, 1.54) is 29.3 Å². The Morgan fingerprint density at radius 3 is 2.34 bits per heavy atom. The lowest BCUT2D eigenvalue weighted by Gasteiger charge is -2.11. The number of unbranched alkanes of at least 4 members (excludes halogenated alkanes) is 1. The molecule has 15 heteroatoms. The summed E-state index contributed by atoms with van der Waals surface area (Å²) in [6.07, 6.45) is 5.84. The maximum absolute atomic E-state index is 12.7. The maximum Gasteiger partial charge on any atom is 0.511 e. The fraction of sp³-hybridized carbons (Fsp3) is 0.310. The summed E-state index contributed by atoms with van der Waals surface area (Å²) in [6, 6.07) is 12.3. The largest absolute Gasteiger partial charge is 0.511 e. The van der Waals surface area contributed by atoms with Crippen LogP contribution in [0, 0.1) is 0 Å². The predicted octanol–water partition coefficient (Wildman–Crippen LogP) is 6.64. The molecule has 0 bridgehead atoms. The van der Waals surface area contributed by atoms with Gasteiger partial charge in [0.25, 0.3) is 0 Å². The molecule has 236 valence electrons. The molecule has 8 nitrogen and oxygen atoms in total. The second kappa shape index (κ2) is 14.1. The number of ether oxygens (including phenoxy) is 1. The van der Waals surface area contributed by atoms with Crippen molar-refractivity contribution in [2.75, 3.05) is 6.54 Å². The Hall–Kier alpha value is -4.11. The number of hydrogen-bond acceptors (Lipinski definition) is 6. The summed E-state index contributed by atoms with van der Waals surface area (Å²) in [5.41, 5.74) is -3.88. The number of nitrogens with one attached hydrogen (secondary N) is 1. The smallest absolute Gasteiger partial charge is 0.487 e. The van der Waals surface area contributed by atoms with Crippen molar-refractivity contribution < 1.29 is 43.9 Å². The zero-order valence-corrected chi connectivity index (χ0v) is 23.9. The van der Waals surface area contributed by atoms with Gasteiger partial charge in [0.2, 0.25) is 5.89 Å². The van der Waals surface area contributed by atoms with Gasteiger partial charge in [0.15, 0.2) is 0 Å². The molecular formula is C29H28F6N4O4S. The minimum Gasteiger partial charge on any atom is -0.487 e. The molecule has 2 aromatic carbocycles. The molecule has 2 heterocycles. The van der Waals surface area contributed by atoms with Crippen LogP contribution in [0.1, 0.15) is 46.9 Å². The zero-order chi connectivity index (χ0) is 31.8. The van der Waals surface area contributed by atoms with Crippen molar-refractivity contribution in [2.45, 2.75) is 50.5 Å². The molecule has 0 amide bonds. The van der Waals surface area contributed by atoms with E-state index in [0.29, 0.717) is 29.4 Å². The van der Waals surface area contributed by atoms with Gasteiger partial charge in [0, 0.05) is 38.0 Å². The molecule has 1 N–H and O–H groups in total. The van der Waals surface area contributed by atoms with E-state index in [0.717, 1.165) is 37.0 Å². The van der Waals surface area contributed by atoms with Crippen LogP contribution in [-0.2, 0) is 42.2 Å². The van der Waals surface area contributed by atoms with Gasteiger partial charge in [-0.2, -0.15) is 26.3 Å². The Morgan fingerprint density at radius 2 is 1.66 bits per heavy atom. The number of rotatable bonds is 14. The van der Waals surface area contributed by atoms with E-state index in [4.69, 9.17) is 9.15 Å². The molecule has 0 aliphatic heterocycles. The molecule has 0 saturated heterocycles. The fourth-order valence-corrected chi connectivity index (χ4v) is 4.62. The van der Waals surface area contributed by atoms with E-state index < -0.39 is 33.8 Å². The highest BCUT2D eigenvalue weighted by Gasteiger charge is 2.45. The number of imidazole rings is 1. The Morgan fingerprint density at radius 1 is 0.932 bits per heavy atom. The van der Waals surface area contributed by atoms with Gasteiger partial charge in [0.05, 0.1) is 5.56 Å². The third-order valence-corrected chi connectivity index (χ3v) is 7.59. The SMILES string of the molecule is O=S(=O)(NCCc1nccn1CCCCc1ccc(OCc2coc(C=Cc3ccc(C(F)(F)F)cc3)n2)cc1)C(F)(F)F. The van der Waals surface area contributed by atoms with Crippen molar-refractivity contribution in [3.05, 3.63) is 101 Å². The van der Waals surface area contributed by atoms with Crippen LogP contribution in [0.4, 0.5) is 26.3 Å². The number of aryl methyl sites for hydroxylation is 2. The van der Waals surface area contributed by atoms with Gasteiger partial charge in [0.1, 0.15) is 30.1 Å². The van der Waals surface area contributed by atoms with Crippen LogP contribution in [0.3, 0.4) is 0 Å². The van der Waals surface area contributed by atoms with Crippen molar-refractivity contribution in [3.8, 4) is 5.75 Å². The third kappa shape index (κ3) is 9.44. The first-order chi connectivity index (χ1) is 20.8. The summed E-state index contributed by atoms with van der Waals surface area (Å²) >= 11 is 0. The number of benzene rings is 2. The molecule has 4 aromatic rings. The lowest BCUT2D eigenvalue weighted by molar-refractivity contribution is -0.137. The van der Waals surface area contributed by atoms with Crippen LogP contribution in [0.2, 0.25) is 0 Å². The van der Waals surface area contributed by atoms with Gasteiger partial charge in [-0.1, -0.05) is 24.3 Å². The Kier molecular flexibility index (Phi) is 10.5. The van der Waals surface area contributed by atoms with Crippen molar-refractivity contribution in [1.82, 2.24) is 19.3 Å². The molecule has 0 atom stereocenters. The van der Waals surface area contributed by atoms with Gasteiger partial charge < -0.3 is 13.7 Å². The molecule has 0 aliphatic rings. The first kappa shape index (κ1) is 32.8. The highest BCUT2D eigenvalue weighted by Crippen LogP contribution is 2.29. The number of nitrogens with zero attached hydrogens (tertiary/aromatic N) is 3. The van der Waals surface area contributed by atoms with E-state index in [9.17, 15) is 34.8 Å². The van der Waals surface area contributed by atoms with Crippen LogP contribution in [0.25, 0.3) is 12.2 Å². The monoisotopic (exact) mass is 642 g/mol. The summed E-state index contributed by atoms with van der Waals surface area (Å²) in [5.74, 6) is 1.40. The summed E-state index contributed by atoms with van der Waals surface area (Å²) in [5, 5.41) is 0. The van der Waals surface area contributed by atoms with Gasteiger partial charge >= 0.3 is 21.7 Å². The van der Waals surface area contributed by atoms with Crippen molar-refractivity contribution >= 4 is 22.2 Å². The second-order valence-corrected chi connectivity index (χ2v) is 11.4. The van der Waals surface area contributed by atoms with E-state index in [1.54, 1.807) is 22.9 Å². The van der Waals surface area contributed by atoms with Crippen LogP contribution in [0.15, 0.2) is 71.6 Å². The number of halogens is 6. The average molecular weight is 643 g/mol. The third-order valence-electron chi connectivity index (χ3n) is 6.40. The zero-order valence-electron chi connectivity index (χ0n) is 23.1. The highest BCUT2D eigenvalue weighted by atomic mass is 32.2. The maximum atomic E-state index is 12.7. The summed E-state index contributed by atoms with van der Waals surface area (Å²) in [7, 11) is -5.38. The normalized spacial score (nSPS) is 12.7. The second-order valence-electron chi connectivity index (χ2n) is 9.65. The number of aromatic nitrogens is 3. The van der Waals surface area contributed by atoms with Crippen LogP contribution < -0.4 is 9.46 Å². The highest BCUT2D eigenvalue weighted by molar-refractivity contribution is 7.90. The standard InChI is InChI=1S/C29H28F6N4O4S/c30-28(31,32)23-9-4-22(5-10-23)8-13-27-38-24(20-43-27)19-42-25-11-6-21(7-12-25)3-1-2-17-39-18-16-36-26(39)14-15-37-44(40,41)29(33,34)35/h4-13,16,18,20,37H,1-3,14-15,17,19H2. The minimum absolute atomic E-state index is 0.0266. The van der Waals surface area contributed by atoms with Gasteiger partial charge in [-0.25, -0.2) is 23.1 Å². The average Bonchev–Trinajstić information content (AvgIpc) is 3.62. The minimum atomic E-state index is -5.38. The topological polar surface area (TPSA) is 99.2 Å². The van der Waals surface area contributed by atoms with E-state index in [-0.39, 0.29) is 18.9 Å². The van der Waals surface area contributed by atoms with Crippen LogP contribution in [-0.4, -0.2) is 35.0 Å². The van der Waals surface area contributed by atoms with Crippen molar-refractivity contribution in [1.29, 1.82) is 0 Å². The first-order valence-corrected chi connectivity index (χ1v) is 14.9. The van der Waals surface area contributed by atoms with Gasteiger partial charge in [-0.05, 0) is 60.7 Å². The number of oxazole rings is 1. The Balaban J connectivity index is 1.16. The summed E-state index contributed by atoms with van der Waals surface area (Å²) in [6.45, 7) is 0.331. The van der Waals surface area contributed by atoms with Gasteiger partial charge in [-0.3, -0.25) is 0 Å². The van der Waals surface area contributed by atoms with E-state index in [2.05, 4.69) is 9.97 Å². The van der Waals surface area contributed by atoms with Crippen molar-refractivity contribution in [3.63, 3.8) is 0 Å². The number of alkyl halides is 6. The number of sulfonamides is 1. The fourth-order valence-electron chi connectivity index (χ4n) is 4.09. The van der Waals surface area contributed by atoms with Crippen LogP contribution in [0.5, 0.6) is 5.75 Å². The number of hydrogen-bond donors (Lipinski definition) is 1. The molecule has 4 rings (SSSR count). The molecular weight excluding hydrogens is 614 g/mol. The quantitative estimate of drug-likeness (QED) is 0.122. The Bertz CT molecular complexity index is 1630. The molecule has 0 radical (unpaired) electrons. The van der Waals surface area contributed by atoms with Crippen molar-refractivity contribution in [2.24, 2.45) is 0 Å². The van der Waals surface area contributed by atoms with Crippen LogP contribution >= 0.6 is 0 Å². The lowest BCUT2D eigenvalue weighted by atomic mass is 10.1. The lowest BCUT2D eigenvalue weighted by Crippen LogP contribution is -2.37. The molecule has 0 aliphatic carbocycles. The molecule has 44 heavy (non-hydrogen) atoms. The Labute approximate surface area is 249 Å². The predicted molar refractivity (Wildman–Crippen MR) is 149 cm³/mol. The summed E-state index contributed by atoms with van der Waals surface area (Å²) in [4.78, 5) is 8.39. The summed E-state index contributed by atoms with van der Waals surface area (Å²) < 4.78 is 112.